The van der Waals surface area contributed by atoms with Crippen LogP contribution in [-0.2, 0) is 10.0 Å². The van der Waals surface area contributed by atoms with Crippen molar-refractivity contribution in [2.75, 3.05) is 0 Å². The van der Waals surface area contributed by atoms with E-state index < -0.39 is 10.0 Å². The monoisotopic (exact) mass is 327 g/mol. The van der Waals surface area contributed by atoms with Crippen LogP contribution in [0.2, 0.25) is 0 Å². The van der Waals surface area contributed by atoms with Crippen LogP contribution in [0.4, 0.5) is 0 Å². The quantitative estimate of drug-likeness (QED) is 0.803. The number of nitrogens with zero attached hydrogens (tertiary/aromatic N) is 2. The van der Waals surface area contributed by atoms with Crippen molar-refractivity contribution >= 4 is 10.0 Å². The minimum absolute atomic E-state index is 0.0857. The van der Waals surface area contributed by atoms with Crippen LogP contribution in [0.5, 0.6) is 0 Å². The molecule has 0 fully saturated rings. The maximum absolute atomic E-state index is 11.4. The van der Waals surface area contributed by atoms with Gasteiger partial charge in [-0.05, 0) is 49.7 Å². The minimum atomic E-state index is -3.70. The SMILES string of the molecule is Cc1cc(-c2ccccc2C)n(-c2ccc(S(N)(=O)=O)cc2)n1. The Morgan fingerprint density at radius 2 is 1.65 bits per heavy atom. The van der Waals surface area contributed by atoms with E-state index in [0.29, 0.717) is 0 Å². The lowest BCUT2D eigenvalue weighted by atomic mass is 10.1. The molecule has 0 saturated carbocycles. The molecule has 6 heteroatoms. The number of sulfonamides is 1. The molecule has 2 N–H and O–H groups in total. The molecule has 3 rings (SSSR count). The van der Waals surface area contributed by atoms with E-state index in [2.05, 4.69) is 5.10 Å². The summed E-state index contributed by atoms with van der Waals surface area (Å²) in [4.78, 5) is 0.0857. The van der Waals surface area contributed by atoms with Crippen molar-refractivity contribution in [3.05, 3.63) is 65.9 Å². The normalized spacial score (nSPS) is 11.6. The molecule has 0 radical (unpaired) electrons. The van der Waals surface area contributed by atoms with Crippen LogP contribution in [0.15, 0.2) is 59.5 Å². The summed E-state index contributed by atoms with van der Waals surface area (Å²) in [6, 6.07) is 16.5. The largest absolute Gasteiger partial charge is 0.238 e. The van der Waals surface area contributed by atoms with Gasteiger partial charge in [0.05, 0.1) is 22.0 Å². The van der Waals surface area contributed by atoms with Gasteiger partial charge in [0.2, 0.25) is 10.0 Å². The molecule has 23 heavy (non-hydrogen) atoms. The number of hydrogen-bond donors (Lipinski definition) is 1. The van der Waals surface area contributed by atoms with Crippen molar-refractivity contribution in [1.82, 2.24) is 9.78 Å². The lowest BCUT2D eigenvalue weighted by Crippen LogP contribution is -2.12. The Hall–Kier alpha value is -2.44. The van der Waals surface area contributed by atoms with Gasteiger partial charge in [-0.3, -0.25) is 0 Å². The van der Waals surface area contributed by atoms with E-state index in [1.165, 1.54) is 12.1 Å². The van der Waals surface area contributed by atoms with Crippen LogP contribution < -0.4 is 5.14 Å². The van der Waals surface area contributed by atoms with Gasteiger partial charge >= 0.3 is 0 Å². The fourth-order valence-corrected chi connectivity index (χ4v) is 3.04. The van der Waals surface area contributed by atoms with Gasteiger partial charge in [-0.2, -0.15) is 5.10 Å². The van der Waals surface area contributed by atoms with Crippen molar-refractivity contribution in [1.29, 1.82) is 0 Å². The fourth-order valence-electron chi connectivity index (χ4n) is 2.53. The van der Waals surface area contributed by atoms with Crippen LogP contribution in [0.3, 0.4) is 0 Å². The summed E-state index contributed by atoms with van der Waals surface area (Å²) in [5.41, 5.74) is 4.87. The third-order valence-corrected chi connectivity index (χ3v) is 4.59. The number of rotatable bonds is 3. The van der Waals surface area contributed by atoms with E-state index in [4.69, 9.17) is 5.14 Å². The zero-order valence-corrected chi connectivity index (χ0v) is 13.7. The summed E-state index contributed by atoms with van der Waals surface area (Å²) < 4.78 is 24.6. The van der Waals surface area contributed by atoms with Gasteiger partial charge in [0.15, 0.2) is 0 Å². The van der Waals surface area contributed by atoms with Crippen LogP contribution in [0, 0.1) is 13.8 Å². The van der Waals surface area contributed by atoms with Crippen LogP contribution >= 0.6 is 0 Å². The first kappa shape index (κ1) is 15.5. The van der Waals surface area contributed by atoms with E-state index in [1.807, 2.05) is 48.9 Å². The van der Waals surface area contributed by atoms with Gasteiger partial charge in [-0.15, -0.1) is 0 Å². The standard InChI is InChI=1S/C17H17N3O2S/c1-12-5-3-4-6-16(12)17-11-13(2)19-20(17)14-7-9-15(10-8-14)23(18,21)22/h3-11H,1-2H3,(H2,18,21,22). The van der Waals surface area contributed by atoms with Gasteiger partial charge in [0.1, 0.15) is 0 Å². The second-order valence-electron chi connectivity index (χ2n) is 5.44. The highest BCUT2D eigenvalue weighted by molar-refractivity contribution is 7.89. The molecule has 1 aromatic heterocycles. The molecule has 0 amide bonds. The molecule has 1 heterocycles. The third kappa shape index (κ3) is 3.04. The number of nitrogens with two attached hydrogens (primary N) is 1. The molecule has 0 unspecified atom stereocenters. The summed E-state index contributed by atoms with van der Waals surface area (Å²) in [5.74, 6) is 0. The summed E-state index contributed by atoms with van der Waals surface area (Å²) in [6.07, 6.45) is 0. The Bertz CT molecular complexity index is 958. The molecular formula is C17H17N3O2S. The Kier molecular flexibility index (Phi) is 3.79. The Morgan fingerprint density at radius 1 is 1.00 bits per heavy atom. The highest BCUT2D eigenvalue weighted by Crippen LogP contribution is 2.27. The maximum atomic E-state index is 11.4. The van der Waals surface area contributed by atoms with Crippen molar-refractivity contribution in [2.24, 2.45) is 5.14 Å². The molecule has 0 saturated heterocycles. The lowest BCUT2D eigenvalue weighted by Gasteiger charge is -2.10. The molecule has 2 aromatic carbocycles. The lowest BCUT2D eigenvalue weighted by molar-refractivity contribution is 0.598. The smallest absolute Gasteiger partial charge is 0.233 e. The summed E-state index contributed by atoms with van der Waals surface area (Å²) >= 11 is 0. The van der Waals surface area contributed by atoms with Gasteiger partial charge < -0.3 is 0 Å². The van der Waals surface area contributed by atoms with Crippen molar-refractivity contribution in [3.8, 4) is 16.9 Å². The predicted octanol–water partition coefficient (Wildman–Crippen LogP) is 2.80. The van der Waals surface area contributed by atoms with E-state index in [0.717, 1.165) is 28.2 Å². The molecular weight excluding hydrogens is 310 g/mol. The highest BCUT2D eigenvalue weighted by atomic mass is 32.2. The summed E-state index contributed by atoms with van der Waals surface area (Å²) in [5, 5.41) is 9.67. The molecule has 0 bridgehead atoms. The van der Waals surface area contributed by atoms with Crippen LogP contribution in [-0.4, -0.2) is 18.2 Å². The molecule has 0 aliphatic carbocycles. The predicted molar refractivity (Wildman–Crippen MR) is 89.8 cm³/mol. The van der Waals surface area contributed by atoms with Crippen molar-refractivity contribution < 1.29 is 8.42 Å². The van der Waals surface area contributed by atoms with E-state index >= 15 is 0 Å². The molecule has 5 nitrogen and oxygen atoms in total. The zero-order valence-electron chi connectivity index (χ0n) is 12.9. The zero-order chi connectivity index (χ0) is 16.6. The number of primary sulfonamides is 1. The van der Waals surface area contributed by atoms with Gasteiger partial charge in [-0.1, -0.05) is 24.3 Å². The second kappa shape index (κ2) is 5.64. The first-order valence-corrected chi connectivity index (χ1v) is 8.67. The average Bonchev–Trinajstić information content (AvgIpc) is 2.89. The van der Waals surface area contributed by atoms with Crippen LogP contribution in [0.25, 0.3) is 16.9 Å². The Labute approximate surface area is 135 Å². The van der Waals surface area contributed by atoms with E-state index in [9.17, 15) is 8.42 Å². The van der Waals surface area contributed by atoms with Crippen molar-refractivity contribution in [2.45, 2.75) is 18.7 Å². The van der Waals surface area contributed by atoms with Crippen molar-refractivity contribution in [3.63, 3.8) is 0 Å². The molecule has 0 spiro atoms. The molecule has 0 atom stereocenters. The van der Waals surface area contributed by atoms with Gasteiger partial charge in [0.25, 0.3) is 0 Å². The summed E-state index contributed by atoms with van der Waals surface area (Å²) in [7, 11) is -3.70. The van der Waals surface area contributed by atoms with Crippen LogP contribution in [0.1, 0.15) is 11.3 Å². The number of aromatic nitrogens is 2. The molecule has 0 aliphatic heterocycles. The fraction of sp³-hybridized carbons (Fsp3) is 0.118. The maximum Gasteiger partial charge on any atom is 0.238 e. The minimum Gasteiger partial charge on any atom is -0.233 e. The molecule has 118 valence electrons. The Balaban J connectivity index is 2.13. The first-order valence-electron chi connectivity index (χ1n) is 7.12. The number of benzene rings is 2. The Morgan fingerprint density at radius 3 is 2.26 bits per heavy atom. The number of hydrogen-bond acceptors (Lipinski definition) is 3. The second-order valence-corrected chi connectivity index (χ2v) is 7.00. The number of aryl methyl sites for hydroxylation is 2. The van der Waals surface area contributed by atoms with E-state index in [1.54, 1.807) is 12.1 Å². The van der Waals surface area contributed by atoms with Gasteiger partial charge in [0, 0.05) is 5.56 Å². The van der Waals surface area contributed by atoms with Gasteiger partial charge in [-0.25, -0.2) is 18.2 Å². The molecule has 0 aliphatic rings. The topological polar surface area (TPSA) is 78.0 Å². The first-order chi connectivity index (χ1) is 10.9. The van der Waals surface area contributed by atoms with E-state index in [-0.39, 0.29) is 4.90 Å². The third-order valence-electron chi connectivity index (χ3n) is 3.66. The molecule has 3 aromatic rings. The highest BCUT2D eigenvalue weighted by Gasteiger charge is 2.13. The average molecular weight is 327 g/mol. The summed E-state index contributed by atoms with van der Waals surface area (Å²) in [6.45, 7) is 3.98.